The summed E-state index contributed by atoms with van der Waals surface area (Å²) in [6.07, 6.45) is 0. The van der Waals surface area contributed by atoms with Crippen LogP contribution in [0.3, 0.4) is 0 Å². The molecule has 0 aliphatic rings. The van der Waals surface area contributed by atoms with Crippen molar-refractivity contribution in [3.05, 3.63) is 34.3 Å². The van der Waals surface area contributed by atoms with Crippen molar-refractivity contribution in [3.8, 4) is 0 Å². The molecule has 1 atom stereocenters. The topological polar surface area (TPSA) is 21.3 Å². The van der Waals surface area contributed by atoms with E-state index in [4.69, 9.17) is 4.74 Å². The zero-order valence-corrected chi connectivity index (χ0v) is 10.2. The fourth-order valence-corrected chi connectivity index (χ4v) is 1.66. The molecular formula is C11H16BrNO. The molecule has 0 radical (unpaired) electrons. The standard InChI is InChI=1S/C11H16BrNO/c1-9(8-14-2)13-7-10-5-3-4-6-11(10)12/h3-6,9,13H,7-8H2,1-2H3. The maximum absolute atomic E-state index is 5.05. The van der Waals surface area contributed by atoms with Gasteiger partial charge in [0.1, 0.15) is 0 Å². The Morgan fingerprint density at radius 3 is 2.79 bits per heavy atom. The van der Waals surface area contributed by atoms with Gasteiger partial charge >= 0.3 is 0 Å². The lowest BCUT2D eigenvalue weighted by Gasteiger charge is -2.13. The van der Waals surface area contributed by atoms with Crippen LogP contribution in [0.25, 0.3) is 0 Å². The van der Waals surface area contributed by atoms with E-state index in [0.29, 0.717) is 6.04 Å². The Balaban J connectivity index is 2.41. The molecule has 1 unspecified atom stereocenters. The van der Waals surface area contributed by atoms with Crippen LogP contribution < -0.4 is 5.32 Å². The molecule has 0 amide bonds. The molecule has 0 aliphatic heterocycles. The van der Waals surface area contributed by atoms with Gasteiger partial charge in [0.05, 0.1) is 6.61 Å². The number of methoxy groups -OCH3 is 1. The van der Waals surface area contributed by atoms with Crippen LogP contribution in [-0.2, 0) is 11.3 Å². The number of hydrogen-bond donors (Lipinski definition) is 1. The van der Waals surface area contributed by atoms with E-state index in [1.165, 1.54) is 5.56 Å². The summed E-state index contributed by atoms with van der Waals surface area (Å²) >= 11 is 3.51. The molecule has 78 valence electrons. The third-order valence-corrected chi connectivity index (χ3v) is 2.79. The van der Waals surface area contributed by atoms with Crippen molar-refractivity contribution in [1.29, 1.82) is 0 Å². The van der Waals surface area contributed by atoms with Crippen LogP contribution >= 0.6 is 15.9 Å². The quantitative estimate of drug-likeness (QED) is 0.876. The smallest absolute Gasteiger partial charge is 0.0613 e. The zero-order chi connectivity index (χ0) is 10.4. The molecule has 14 heavy (non-hydrogen) atoms. The molecule has 0 heterocycles. The molecule has 1 aromatic carbocycles. The Bertz CT molecular complexity index is 278. The number of rotatable bonds is 5. The molecule has 1 aromatic rings. The fourth-order valence-electron chi connectivity index (χ4n) is 1.23. The Kier molecular flexibility index (Phi) is 5.15. The van der Waals surface area contributed by atoms with E-state index in [2.05, 4.69) is 40.3 Å². The van der Waals surface area contributed by atoms with Crippen molar-refractivity contribution in [2.75, 3.05) is 13.7 Å². The summed E-state index contributed by atoms with van der Waals surface area (Å²) < 4.78 is 6.20. The number of ether oxygens (including phenoxy) is 1. The second kappa shape index (κ2) is 6.17. The van der Waals surface area contributed by atoms with Crippen LogP contribution in [0, 0.1) is 0 Å². The first-order valence-electron chi connectivity index (χ1n) is 4.69. The minimum absolute atomic E-state index is 0.382. The molecule has 0 spiro atoms. The van der Waals surface area contributed by atoms with E-state index in [0.717, 1.165) is 17.6 Å². The molecule has 0 aliphatic carbocycles. The molecule has 0 aromatic heterocycles. The SMILES string of the molecule is COCC(C)NCc1ccccc1Br. The van der Waals surface area contributed by atoms with E-state index in [1.54, 1.807) is 7.11 Å². The van der Waals surface area contributed by atoms with E-state index in [-0.39, 0.29) is 0 Å². The highest BCUT2D eigenvalue weighted by atomic mass is 79.9. The second-order valence-corrected chi connectivity index (χ2v) is 4.18. The Hall–Kier alpha value is -0.380. The van der Waals surface area contributed by atoms with Gasteiger partial charge in [0.2, 0.25) is 0 Å². The van der Waals surface area contributed by atoms with Crippen molar-refractivity contribution in [2.24, 2.45) is 0 Å². The monoisotopic (exact) mass is 257 g/mol. The van der Waals surface area contributed by atoms with Gasteiger partial charge in [-0.2, -0.15) is 0 Å². The normalized spacial score (nSPS) is 12.8. The maximum Gasteiger partial charge on any atom is 0.0613 e. The van der Waals surface area contributed by atoms with E-state index < -0.39 is 0 Å². The van der Waals surface area contributed by atoms with Gasteiger partial charge in [0, 0.05) is 24.2 Å². The summed E-state index contributed by atoms with van der Waals surface area (Å²) in [5.74, 6) is 0. The van der Waals surface area contributed by atoms with Crippen molar-refractivity contribution in [1.82, 2.24) is 5.32 Å². The van der Waals surface area contributed by atoms with Gasteiger partial charge in [-0.05, 0) is 18.6 Å². The fraction of sp³-hybridized carbons (Fsp3) is 0.455. The molecule has 1 N–H and O–H groups in total. The van der Waals surface area contributed by atoms with Crippen LogP contribution in [0.1, 0.15) is 12.5 Å². The Morgan fingerprint density at radius 1 is 1.43 bits per heavy atom. The van der Waals surface area contributed by atoms with Crippen molar-refractivity contribution in [2.45, 2.75) is 19.5 Å². The largest absolute Gasteiger partial charge is 0.383 e. The van der Waals surface area contributed by atoms with E-state index in [1.807, 2.05) is 12.1 Å². The van der Waals surface area contributed by atoms with Crippen LogP contribution in [-0.4, -0.2) is 19.8 Å². The lowest BCUT2D eigenvalue weighted by atomic mass is 10.2. The number of benzene rings is 1. The minimum atomic E-state index is 0.382. The lowest BCUT2D eigenvalue weighted by molar-refractivity contribution is 0.171. The van der Waals surface area contributed by atoms with Crippen LogP contribution in [0.15, 0.2) is 28.7 Å². The third-order valence-electron chi connectivity index (χ3n) is 2.02. The second-order valence-electron chi connectivity index (χ2n) is 3.33. The zero-order valence-electron chi connectivity index (χ0n) is 8.59. The first-order valence-corrected chi connectivity index (χ1v) is 5.49. The van der Waals surface area contributed by atoms with Gasteiger partial charge in [0.25, 0.3) is 0 Å². The van der Waals surface area contributed by atoms with Crippen molar-refractivity contribution >= 4 is 15.9 Å². The highest BCUT2D eigenvalue weighted by Crippen LogP contribution is 2.15. The van der Waals surface area contributed by atoms with Crippen LogP contribution in [0.5, 0.6) is 0 Å². The number of halogens is 1. The van der Waals surface area contributed by atoms with Gasteiger partial charge in [-0.15, -0.1) is 0 Å². The van der Waals surface area contributed by atoms with Crippen molar-refractivity contribution < 1.29 is 4.74 Å². The average Bonchev–Trinajstić information content (AvgIpc) is 2.17. The maximum atomic E-state index is 5.05. The van der Waals surface area contributed by atoms with Gasteiger partial charge in [-0.3, -0.25) is 0 Å². The van der Waals surface area contributed by atoms with Gasteiger partial charge in [-0.1, -0.05) is 34.1 Å². The van der Waals surface area contributed by atoms with Crippen LogP contribution in [0.2, 0.25) is 0 Å². The van der Waals surface area contributed by atoms with E-state index >= 15 is 0 Å². The van der Waals surface area contributed by atoms with E-state index in [9.17, 15) is 0 Å². The number of nitrogens with one attached hydrogen (secondary N) is 1. The Labute approximate surface area is 93.8 Å². The van der Waals surface area contributed by atoms with Gasteiger partial charge in [0.15, 0.2) is 0 Å². The summed E-state index contributed by atoms with van der Waals surface area (Å²) in [6.45, 7) is 3.72. The summed E-state index contributed by atoms with van der Waals surface area (Å²) in [6, 6.07) is 8.61. The highest BCUT2D eigenvalue weighted by molar-refractivity contribution is 9.10. The molecule has 0 fully saturated rings. The molecular weight excluding hydrogens is 242 g/mol. The molecule has 0 saturated heterocycles. The summed E-state index contributed by atoms with van der Waals surface area (Å²) in [4.78, 5) is 0. The summed E-state index contributed by atoms with van der Waals surface area (Å²) in [7, 11) is 1.72. The molecule has 0 saturated carbocycles. The Morgan fingerprint density at radius 2 is 2.14 bits per heavy atom. The first kappa shape index (κ1) is 11.7. The lowest BCUT2D eigenvalue weighted by Crippen LogP contribution is -2.29. The average molecular weight is 258 g/mol. The predicted molar refractivity (Wildman–Crippen MR) is 62.3 cm³/mol. The third kappa shape index (κ3) is 3.78. The van der Waals surface area contributed by atoms with Gasteiger partial charge in [-0.25, -0.2) is 0 Å². The van der Waals surface area contributed by atoms with Gasteiger partial charge < -0.3 is 10.1 Å². The number of hydrogen-bond acceptors (Lipinski definition) is 2. The molecule has 1 rings (SSSR count). The molecule has 0 bridgehead atoms. The van der Waals surface area contributed by atoms with Crippen molar-refractivity contribution in [3.63, 3.8) is 0 Å². The summed E-state index contributed by atoms with van der Waals surface area (Å²) in [5.41, 5.74) is 1.27. The highest BCUT2D eigenvalue weighted by Gasteiger charge is 2.02. The molecule has 2 nitrogen and oxygen atoms in total. The minimum Gasteiger partial charge on any atom is -0.383 e. The predicted octanol–water partition coefficient (Wildman–Crippen LogP) is 2.57. The van der Waals surface area contributed by atoms with Crippen LogP contribution in [0.4, 0.5) is 0 Å². The summed E-state index contributed by atoms with van der Waals surface area (Å²) in [5, 5.41) is 3.39. The first-order chi connectivity index (χ1) is 6.74. The molecule has 3 heteroatoms.